The van der Waals surface area contributed by atoms with Gasteiger partial charge in [-0.05, 0) is 48.5 Å². The van der Waals surface area contributed by atoms with Crippen molar-refractivity contribution in [3.05, 3.63) is 90.0 Å². The number of carbonyl (C=O) groups is 1. The van der Waals surface area contributed by atoms with E-state index in [1.807, 2.05) is 0 Å². The number of halogens is 2. The van der Waals surface area contributed by atoms with Crippen LogP contribution in [0.2, 0.25) is 0 Å². The highest BCUT2D eigenvalue weighted by atomic mass is 32.2. The third-order valence-electron chi connectivity index (χ3n) is 3.57. The first-order valence-electron chi connectivity index (χ1n) is 7.79. The van der Waals surface area contributed by atoms with Crippen LogP contribution in [0.15, 0.2) is 77.7 Å². The van der Waals surface area contributed by atoms with Crippen molar-refractivity contribution < 1.29 is 22.0 Å². The Balaban J connectivity index is 1.75. The van der Waals surface area contributed by atoms with Crippen LogP contribution >= 0.6 is 0 Å². The number of nitrogens with one attached hydrogen (secondary N) is 2. The first-order valence-corrected chi connectivity index (χ1v) is 9.27. The van der Waals surface area contributed by atoms with Crippen molar-refractivity contribution in [3.8, 4) is 0 Å². The summed E-state index contributed by atoms with van der Waals surface area (Å²) in [4.78, 5) is 12.1. The number of benzene rings is 3. The van der Waals surface area contributed by atoms with Crippen molar-refractivity contribution in [2.24, 2.45) is 0 Å². The molecule has 2 N–H and O–H groups in total. The van der Waals surface area contributed by atoms with E-state index in [1.54, 1.807) is 30.3 Å². The molecule has 0 unspecified atom stereocenters. The van der Waals surface area contributed by atoms with Crippen LogP contribution in [0.3, 0.4) is 0 Å². The van der Waals surface area contributed by atoms with Gasteiger partial charge in [-0.15, -0.1) is 0 Å². The van der Waals surface area contributed by atoms with Gasteiger partial charge in [-0.3, -0.25) is 9.52 Å². The van der Waals surface area contributed by atoms with Gasteiger partial charge < -0.3 is 5.32 Å². The Morgan fingerprint density at radius 3 is 1.96 bits per heavy atom. The zero-order valence-electron chi connectivity index (χ0n) is 13.8. The van der Waals surface area contributed by atoms with Crippen LogP contribution in [0.25, 0.3) is 0 Å². The van der Waals surface area contributed by atoms with Gasteiger partial charge in [0.05, 0.1) is 4.90 Å². The fourth-order valence-electron chi connectivity index (χ4n) is 2.33. The van der Waals surface area contributed by atoms with Crippen molar-refractivity contribution in [1.82, 2.24) is 0 Å². The van der Waals surface area contributed by atoms with Gasteiger partial charge in [-0.1, -0.05) is 18.2 Å². The number of amides is 1. The van der Waals surface area contributed by atoms with Gasteiger partial charge in [0.2, 0.25) is 0 Å². The Bertz CT molecular complexity index is 1050. The maximum atomic E-state index is 13.2. The molecule has 8 heteroatoms. The first kappa shape index (κ1) is 18.5. The van der Waals surface area contributed by atoms with Crippen molar-refractivity contribution in [2.75, 3.05) is 10.0 Å². The molecule has 0 aromatic heterocycles. The second-order valence-electron chi connectivity index (χ2n) is 5.61. The van der Waals surface area contributed by atoms with Gasteiger partial charge in [0, 0.05) is 23.0 Å². The molecule has 0 saturated heterocycles. The average Bonchev–Trinajstić information content (AvgIpc) is 2.61. The minimum absolute atomic E-state index is 0.0281. The molecule has 138 valence electrons. The lowest BCUT2D eigenvalue weighted by atomic mass is 10.2. The van der Waals surface area contributed by atoms with Gasteiger partial charge in [0.25, 0.3) is 15.9 Å². The van der Waals surface area contributed by atoms with E-state index in [4.69, 9.17) is 0 Å². The quantitative estimate of drug-likeness (QED) is 0.693. The first-order chi connectivity index (χ1) is 12.8. The predicted octanol–water partition coefficient (Wildman–Crippen LogP) is 4.02. The molecule has 27 heavy (non-hydrogen) atoms. The molecule has 5 nitrogen and oxygen atoms in total. The lowest BCUT2D eigenvalue weighted by Gasteiger charge is -2.09. The zero-order chi connectivity index (χ0) is 19.4. The van der Waals surface area contributed by atoms with E-state index >= 15 is 0 Å². The molecular weight excluding hydrogens is 374 g/mol. The smallest absolute Gasteiger partial charge is 0.261 e. The minimum Gasteiger partial charge on any atom is -0.322 e. The normalized spacial score (nSPS) is 11.0. The predicted molar refractivity (Wildman–Crippen MR) is 98.0 cm³/mol. The summed E-state index contributed by atoms with van der Waals surface area (Å²) < 4.78 is 53.5. The van der Waals surface area contributed by atoms with Gasteiger partial charge in [-0.25, -0.2) is 17.2 Å². The number of hydrogen-bond donors (Lipinski definition) is 2. The highest BCUT2D eigenvalue weighted by Gasteiger charge is 2.15. The van der Waals surface area contributed by atoms with Crippen molar-refractivity contribution in [2.45, 2.75) is 4.90 Å². The fraction of sp³-hybridized carbons (Fsp3) is 0. The molecule has 0 radical (unpaired) electrons. The Morgan fingerprint density at radius 2 is 1.37 bits per heavy atom. The Hall–Kier alpha value is -3.26. The van der Waals surface area contributed by atoms with E-state index in [0.29, 0.717) is 11.8 Å². The van der Waals surface area contributed by atoms with Crippen LogP contribution in [0, 0.1) is 11.6 Å². The van der Waals surface area contributed by atoms with Crippen molar-refractivity contribution in [3.63, 3.8) is 0 Å². The van der Waals surface area contributed by atoms with Crippen LogP contribution in [-0.4, -0.2) is 14.3 Å². The van der Waals surface area contributed by atoms with E-state index in [2.05, 4.69) is 10.0 Å². The molecule has 0 bridgehead atoms. The Morgan fingerprint density at radius 1 is 0.778 bits per heavy atom. The molecule has 0 saturated carbocycles. The molecule has 3 rings (SSSR count). The van der Waals surface area contributed by atoms with Crippen LogP contribution in [0.1, 0.15) is 10.4 Å². The summed E-state index contributed by atoms with van der Waals surface area (Å²) in [6.45, 7) is 0. The molecular formula is C19H14F2N2O3S. The number of para-hydroxylation sites is 1. The Kier molecular flexibility index (Phi) is 5.18. The number of anilines is 2. The molecule has 1 amide bonds. The summed E-state index contributed by atoms with van der Waals surface area (Å²) in [6, 6.07) is 16.2. The van der Waals surface area contributed by atoms with Gasteiger partial charge >= 0.3 is 0 Å². The van der Waals surface area contributed by atoms with Gasteiger partial charge in [-0.2, -0.15) is 0 Å². The average molecular weight is 388 g/mol. The lowest BCUT2D eigenvalue weighted by molar-refractivity contribution is 0.102. The van der Waals surface area contributed by atoms with Crippen LogP contribution in [0.5, 0.6) is 0 Å². The Labute approximate surface area is 154 Å². The zero-order valence-corrected chi connectivity index (χ0v) is 14.6. The van der Waals surface area contributed by atoms with E-state index in [9.17, 15) is 22.0 Å². The molecule has 0 aliphatic rings. The highest BCUT2D eigenvalue weighted by molar-refractivity contribution is 7.92. The maximum absolute atomic E-state index is 13.2. The van der Waals surface area contributed by atoms with E-state index in [1.165, 1.54) is 24.3 Å². The number of hydrogen-bond acceptors (Lipinski definition) is 3. The molecule has 3 aromatic rings. The third kappa shape index (κ3) is 4.68. The fourth-order valence-corrected chi connectivity index (χ4v) is 3.39. The summed E-state index contributed by atoms with van der Waals surface area (Å²) >= 11 is 0. The summed E-state index contributed by atoms with van der Waals surface area (Å²) in [6.07, 6.45) is 0. The SMILES string of the molecule is O=C(Nc1cc(F)cc(F)c1)c1ccc(S(=O)(=O)Nc2ccccc2)cc1. The maximum Gasteiger partial charge on any atom is 0.261 e. The summed E-state index contributed by atoms with van der Waals surface area (Å²) in [5.41, 5.74) is 0.505. The second kappa shape index (κ2) is 7.55. The highest BCUT2D eigenvalue weighted by Crippen LogP contribution is 2.18. The summed E-state index contributed by atoms with van der Waals surface area (Å²) in [5.74, 6) is -2.27. The standard InChI is InChI=1S/C19H14F2N2O3S/c20-14-10-15(21)12-17(11-14)22-19(24)13-6-8-18(9-7-13)27(25,26)23-16-4-2-1-3-5-16/h1-12,23H,(H,22,24). The van der Waals surface area contributed by atoms with Gasteiger partial charge in [0.1, 0.15) is 11.6 Å². The van der Waals surface area contributed by atoms with Crippen LogP contribution in [0.4, 0.5) is 20.2 Å². The monoisotopic (exact) mass is 388 g/mol. The molecule has 0 fully saturated rings. The molecule has 0 aliphatic heterocycles. The molecule has 3 aromatic carbocycles. The summed E-state index contributed by atoms with van der Waals surface area (Å²) in [7, 11) is -3.81. The number of sulfonamides is 1. The number of carbonyl (C=O) groups excluding carboxylic acids is 1. The van der Waals surface area contributed by atoms with Crippen LogP contribution in [-0.2, 0) is 10.0 Å². The summed E-state index contributed by atoms with van der Waals surface area (Å²) in [5, 5.41) is 2.35. The molecule has 0 atom stereocenters. The molecule has 0 aliphatic carbocycles. The third-order valence-corrected chi connectivity index (χ3v) is 4.97. The molecule has 0 heterocycles. The van der Waals surface area contributed by atoms with E-state index in [-0.39, 0.29) is 16.1 Å². The van der Waals surface area contributed by atoms with Crippen LogP contribution < -0.4 is 10.0 Å². The second-order valence-corrected chi connectivity index (χ2v) is 7.29. The largest absolute Gasteiger partial charge is 0.322 e. The van der Waals surface area contributed by atoms with Crippen molar-refractivity contribution in [1.29, 1.82) is 0 Å². The van der Waals surface area contributed by atoms with E-state index in [0.717, 1.165) is 12.1 Å². The molecule has 0 spiro atoms. The van der Waals surface area contributed by atoms with E-state index < -0.39 is 27.6 Å². The number of rotatable bonds is 5. The van der Waals surface area contributed by atoms with Gasteiger partial charge in [0.15, 0.2) is 0 Å². The lowest BCUT2D eigenvalue weighted by Crippen LogP contribution is -2.15. The topological polar surface area (TPSA) is 75.3 Å². The van der Waals surface area contributed by atoms with Crippen molar-refractivity contribution >= 4 is 27.3 Å². The minimum atomic E-state index is -3.81.